The number of halogens is 4. The normalized spacial score (nSPS) is 11.1. The topological polar surface area (TPSA) is 76.0 Å². The van der Waals surface area contributed by atoms with Crippen molar-refractivity contribution in [3.05, 3.63) is 81.1 Å². The minimum Gasteiger partial charge on any atom is -0.342 e. The van der Waals surface area contributed by atoms with Crippen molar-refractivity contribution in [3.8, 4) is 0 Å². The number of carbonyl (C=O) groups is 2. The zero-order valence-corrected chi connectivity index (χ0v) is 18.7. The molecule has 0 unspecified atom stereocenters. The number of thiophene rings is 1. The maximum atomic E-state index is 13.7. The molecule has 11 heteroatoms. The Bertz CT molecular complexity index is 1390. The van der Waals surface area contributed by atoms with Gasteiger partial charge in [0.15, 0.2) is 17.5 Å². The molecular weight excluding hydrogens is 477 g/mol. The van der Waals surface area contributed by atoms with E-state index in [1.165, 1.54) is 11.3 Å². The molecule has 0 aliphatic heterocycles. The van der Waals surface area contributed by atoms with Gasteiger partial charge in [-0.1, -0.05) is 29.8 Å². The monoisotopic (exact) mass is 492 g/mol. The Morgan fingerprint density at radius 2 is 1.88 bits per heavy atom. The van der Waals surface area contributed by atoms with Gasteiger partial charge in [0.05, 0.1) is 29.3 Å². The van der Waals surface area contributed by atoms with Gasteiger partial charge in [-0.15, -0.1) is 11.3 Å². The Hall–Kier alpha value is -3.37. The number of nitrogens with one attached hydrogen (secondary N) is 2. The first kappa shape index (κ1) is 22.8. The number of aryl methyl sites for hydroxylation is 1. The Morgan fingerprint density at radius 1 is 1.12 bits per heavy atom. The zero-order valence-electron chi connectivity index (χ0n) is 17.1. The molecule has 33 heavy (non-hydrogen) atoms. The third-order valence-electron chi connectivity index (χ3n) is 4.83. The molecule has 0 aliphatic rings. The quantitative estimate of drug-likeness (QED) is 0.376. The predicted molar refractivity (Wildman–Crippen MR) is 120 cm³/mol. The summed E-state index contributed by atoms with van der Waals surface area (Å²) in [4.78, 5) is 25.7. The van der Waals surface area contributed by atoms with Crippen molar-refractivity contribution in [2.24, 2.45) is 0 Å². The Balaban J connectivity index is 1.45. The van der Waals surface area contributed by atoms with Gasteiger partial charge in [0.1, 0.15) is 4.83 Å². The molecule has 0 bridgehead atoms. The van der Waals surface area contributed by atoms with E-state index in [2.05, 4.69) is 15.7 Å². The number of benzene rings is 2. The summed E-state index contributed by atoms with van der Waals surface area (Å²) in [6, 6.07) is 10.6. The van der Waals surface area contributed by atoms with Crippen molar-refractivity contribution < 1.29 is 22.8 Å². The molecule has 0 aliphatic carbocycles. The van der Waals surface area contributed by atoms with Crippen molar-refractivity contribution in [3.63, 3.8) is 0 Å². The molecule has 2 amide bonds. The second kappa shape index (κ2) is 9.24. The van der Waals surface area contributed by atoms with Crippen LogP contribution in [-0.2, 0) is 11.3 Å². The number of amides is 2. The second-order valence-corrected chi connectivity index (χ2v) is 8.56. The molecule has 4 rings (SSSR count). The number of carbonyl (C=O) groups excluding carboxylic acids is 2. The predicted octanol–water partition coefficient (Wildman–Crippen LogP) is 4.89. The number of aromatic nitrogens is 2. The van der Waals surface area contributed by atoms with Crippen LogP contribution in [0, 0.1) is 24.4 Å². The second-order valence-electron chi connectivity index (χ2n) is 7.12. The van der Waals surface area contributed by atoms with Crippen LogP contribution in [0.25, 0.3) is 10.2 Å². The largest absolute Gasteiger partial charge is 0.342 e. The third kappa shape index (κ3) is 4.71. The van der Waals surface area contributed by atoms with Gasteiger partial charge >= 0.3 is 0 Å². The number of nitrogens with zero attached hydrogens (tertiary/aromatic N) is 2. The standard InChI is InChI=1S/C22H16ClF3N4O2S/c1-11-13-8-17(33-22(13)30(29-11)10-12-4-2-3-5-14(12)23)21(32)27-9-18(31)28-16-7-6-15(24)19(25)20(16)26/h2-8H,9-10H2,1H3,(H,27,32)(H,28,31). The molecule has 2 aromatic carbocycles. The number of hydrogen-bond acceptors (Lipinski definition) is 4. The SMILES string of the molecule is Cc1nn(Cc2ccccc2Cl)c2sc(C(=O)NCC(=O)Nc3ccc(F)c(F)c3F)cc12. The first-order chi connectivity index (χ1) is 15.7. The maximum absolute atomic E-state index is 13.7. The van der Waals surface area contributed by atoms with Gasteiger partial charge in [0, 0.05) is 10.4 Å². The summed E-state index contributed by atoms with van der Waals surface area (Å²) in [5, 5.41) is 10.4. The van der Waals surface area contributed by atoms with Crippen LogP contribution in [0.4, 0.5) is 18.9 Å². The Morgan fingerprint density at radius 3 is 2.64 bits per heavy atom. The highest BCUT2D eigenvalue weighted by atomic mass is 35.5. The summed E-state index contributed by atoms with van der Waals surface area (Å²) in [6.07, 6.45) is 0. The van der Waals surface area contributed by atoms with Crippen LogP contribution < -0.4 is 10.6 Å². The molecule has 170 valence electrons. The van der Waals surface area contributed by atoms with E-state index in [0.717, 1.165) is 27.5 Å². The fraction of sp³-hybridized carbons (Fsp3) is 0.136. The van der Waals surface area contributed by atoms with E-state index in [9.17, 15) is 22.8 Å². The van der Waals surface area contributed by atoms with Gasteiger partial charge in [0.25, 0.3) is 5.91 Å². The number of fused-ring (bicyclic) bond motifs is 1. The first-order valence-electron chi connectivity index (χ1n) is 9.66. The molecule has 6 nitrogen and oxygen atoms in total. The smallest absolute Gasteiger partial charge is 0.261 e. The van der Waals surface area contributed by atoms with E-state index in [0.29, 0.717) is 22.5 Å². The van der Waals surface area contributed by atoms with Crippen molar-refractivity contribution in [2.45, 2.75) is 13.5 Å². The fourth-order valence-electron chi connectivity index (χ4n) is 3.18. The molecule has 2 heterocycles. The zero-order chi connectivity index (χ0) is 23.7. The van der Waals surface area contributed by atoms with Crippen LogP contribution in [0.15, 0.2) is 42.5 Å². The molecule has 0 fully saturated rings. The summed E-state index contributed by atoms with van der Waals surface area (Å²) < 4.78 is 41.7. The van der Waals surface area contributed by atoms with Gasteiger partial charge in [-0.3, -0.25) is 14.3 Å². The lowest BCUT2D eigenvalue weighted by Crippen LogP contribution is -2.32. The van der Waals surface area contributed by atoms with Crippen LogP contribution in [0.1, 0.15) is 20.9 Å². The molecule has 2 N–H and O–H groups in total. The minimum absolute atomic E-state index is 0.352. The number of anilines is 1. The highest BCUT2D eigenvalue weighted by molar-refractivity contribution is 7.20. The van der Waals surface area contributed by atoms with Crippen LogP contribution in [0.3, 0.4) is 0 Å². The van der Waals surface area contributed by atoms with Crippen molar-refractivity contribution in [2.75, 3.05) is 11.9 Å². The van der Waals surface area contributed by atoms with Gasteiger partial charge in [0.2, 0.25) is 5.91 Å². The first-order valence-corrected chi connectivity index (χ1v) is 10.9. The molecule has 2 aromatic heterocycles. The van der Waals surface area contributed by atoms with Gasteiger partial charge in [-0.2, -0.15) is 5.10 Å². The molecule has 0 saturated carbocycles. The van der Waals surface area contributed by atoms with E-state index < -0.39 is 41.5 Å². The Labute approximate surface area is 195 Å². The lowest BCUT2D eigenvalue weighted by molar-refractivity contribution is -0.115. The molecule has 0 saturated heterocycles. The fourth-order valence-corrected chi connectivity index (χ4v) is 4.46. The van der Waals surface area contributed by atoms with Crippen LogP contribution >= 0.6 is 22.9 Å². The summed E-state index contributed by atoms with van der Waals surface area (Å²) >= 11 is 7.44. The van der Waals surface area contributed by atoms with Gasteiger partial charge in [-0.25, -0.2) is 13.2 Å². The lowest BCUT2D eigenvalue weighted by atomic mass is 10.2. The maximum Gasteiger partial charge on any atom is 0.261 e. The van der Waals surface area contributed by atoms with E-state index >= 15 is 0 Å². The summed E-state index contributed by atoms with van der Waals surface area (Å²) in [7, 11) is 0. The number of hydrogen-bond donors (Lipinski definition) is 2. The van der Waals surface area contributed by atoms with Crippen LogP contribution in [0.5, 0.6) is 0 Å². The van der Waals surface area contributed by atoms with Crippen molar-refractivity contribution in [1.29, 1.82) is 0 Å². The van der Waals surface area contributed by atoms with E-state index in [-0.39, 0.29) is 0 Å². The minimum atomic E-state index is -1.69. The van der Waals surface area contributed by atoms with E-state index in [4.69, 9.17) is 11.6 Å². The van der Waals surface area contributed by atoms with E-state index in [1.807, 2.05) is 25.1 Å². The van der Waals surface area contributed by atoms with Gasteiger partial charge in [-0.05, 0) is 36.8 Å². The molecule has 4 aromatic rings. The van der Waals surface area contributed by atoms with Crippen LogP contribution in [-0.4, -0.2) is 28.1 Å². The summed E-state index contributed by atoms with van der Waals surface area (Å²) in [5.74, 6) is -5.88. The molecular formula is C22H16ClF3N4O2S. The third-order valence-corrected chi connectivity index (χ3v) is 6.34. The molecule has 0 radical (unpaired) electrons. The highest BCUT2D eigenvalue weighted by Gasteiger charge is 2.19. The molecule has 0 atom stereocenters. The number of rotatable bonds is 6. The van der Waals surface area contributed by atoms with Crippen LogP contribution in [0.2, 0.25) is 5.02 Å². The van der Waals surface area contributed by atoms with E-state index in [1.54, 1.807) is 16.8 Å². The summed E-state index contributed by atoms with van der Waals surface area (Å²) in [6.45, 7) is 1.76. The summed E-state index contributed by atoms with van der Waals surface area (Å²) in [5.41, 5.74) is 1.09. The average molecular weight is 493 g/mol. The lowest BCUT2D eigenvalue weighted by Gasteiger charge is -2.08. The molecule has 0 spiro atoms. The van der Waals surface area contributed by atoms with Crippen molar-refractivity contribution >= 4 is 50.7 Å². The van der Waals surface area contributed by atoms with Gasteiger partial charge < -0.3 is 10.6 Å². The highest BCUT2D eigenvalue weighted by Crippen LogP contribution is 2.29. The van der Waals surface area contributed by atoms with Crippen molar-refractivity contribution in [1.82, 2.24) is 15.1 Å². The Kier molecular flexibility index (Phi) is 6.39. The average Bonchev–Trinajstić information content (AvgIpc) is 3.35.